The Labute approximate surface area is 222 Å². The van der Waals surface area contributed by atoms with Crippen molar-refractivity contribution in [3.63, 3.8) is 0 Å². The number of fused-ring (bicyclic) bond motifs is 2. The smallest absolute Gasteiger partial charge is 0.254 e. The Hall–Kier alpha value is -3.69. The monoisotopic (exact) mass is 516 g/mol. The highest BCUT2D eigenvalue weighted by atomic mass is 19.1. The number of pyridine rings is 1. The molecule has 8 nitrogen and oxygen atoms in total. The molecule has 2 unspecified atom stereocenters. The molecule has 2 atom stereocenters. The average Bonchev–Trinajstić information content (AvgIpc) is 3.56. The highest BCUT2D eigenvalue weighted by molar-refractivity contribution is 6.05. The van der Waals surface area contributed by atoms with E-state index in [1.807, 2.05) is 50.3 Å². The maximum atomic E-state index is 14.0. The van der Waals surface area contributed by atoms with Gasteiger partial charge in [-0.15, -0.1) is 0 Å². The molecular formula is C29H33FN6O2. The molecule has 1 saturated heterocycles. The van der Waals surface area contributed by atoms with Crippen LogP contribution in [0.25, 0.3) is 5.70 Å². The number of allylic oxidation sites excluding steroid dienone is 2. The third kappa shape index (κ3) is 4.06. The largest absolute Gasteiger partial charge is 0.380 e. The number of carbonyl (C=O) groups excluding carboxylic acids is 1. The number of carbonyl (C=O) groups is 1. The van der Waals surface area contributed by atoms with Gasteiger partial charge in [0.1, 0.15) is 17.3 Å². The molecule has 2 aromatic rings. The minimum absolute atomic E-state index is 0.0573. The fourth-order valence-corrected chi connectivity index (χ4v) is 5.87. The summed E-state index contributed by atoms with van der Waals surface area (Å²) in [7, 11) is 4.07. The van der Waals surface area contributed by atoms with Gasteiger partial charge in [-0.25, -0.2) is 9.37 Å². The van der Waals surface area contributed by atoms with E-state index in [0.717, 1.165) is 35.5 Å². The summed E-state index contributed by atoms with van der Waals surface area (Å²) in [5, 5.41) is 9.68. The van der Waals surface area contributed by atoms with Crippen LogP contribution in [-0.2, 0) is 23.2 Å². The van der Waals surface area contributed by atoms with Crippen LogP contribution in [0.15, 0.2) is 54.6 Å². The van der Waals surface area contributed by atoms with Gasteiger partial charge >= 0.3 is 0 Å². The van der Waals surface area contributed by atoms with Crippen LogP contribution >= 0.6 is 0 Å². The lowest BCUT2D eigenvalue weighted by Gasteiger charge is -2.36. The lowest BCUT2D eigenvalue weighted by atomic mass is 9.81. The molecule has 1 amide bonds. The summed E-state index contributed by atoms with van der Waals surface area (Å²) in [6.45, 7) is 6.72. The van der Waals surface area contributed by atoms with Gasteiger partial charge in [0.15, 0.2) is 0 Å². The van der Waals surface area contributed by atoms with E-state index in [1.165, 1.54) is 11.6 Å². The van der Waals surface area contributed by atoms with Crippen LogP contribution in [0, 0.1) is 0 Å². The van der Waals surface area contributed by atoms with E-state index in [2.05, 4.69) is 33.8 Å². The molecule has 6 rings (SSSR count). The van der Waals surface area contributed by atoms with Crippen molar-refractivity contribution in [2.24, 2.45) is 0 Å². The highest BCUT2D eigenvalue weighted by Gasteiger charge is 2.39. The van der Waals surface area contributed by atoms with Crippen molar-refractivity contribution < 1.29 is 13.9 Å². The maximum absolute atomic E-state index is 14.0. The zero-order valence-corrected chi connectivity index (χ0v) is 22.2. The van der Waals surface area contributed by atoms with Gasteiger partial charge in [-0.2, -0.15) is 0 Å². The van der Waals surface area contributed by atoms with Crippen molar-refractivity contribution in [3.8, 4) is 0 Å². The Morgan fingerprint density at radius 3 is 2.84 bits per heavy atom. The molecule has 0 saturated carbocycles. The molecule has 38 heavy (non-hydrogen) atoms. The molecule has 0 spiro atoms. The van der Waals surface area contributed by atoms with Crippen LogP contribution in [0.2, 0.25) is 0 Å². The van der Waals surface area contributed by atoms with Crippen molar-refractivity contribution in [1.29, 1.82) is 0 Å². The zero-order chi connectivity index (χ0) is 26.7. The van der Waals surface area contributed by atoms with E-state index in [4.69, 9.17) is 9.72 Å². The molecule has 9 heteroatoms. The van der Waals surface area contributed by atoms with E-state index in [1.54, 1.807) is 12.3 Å². The van der Waals surface area contributed by atoms with Gasteiger partial charge < -0.3 is 30.5 Å². The van der Waals surface area contributed by atoms with Gasteiger partial charge in [0.05, 0.1) is 29.2 Å². The van der Waals surface area contributed by atoms with Gasteiger partial charge in [-0.1, -0.05) is 19.1 Å². The van der Waals surface area contributed by atoms with E-state index in [9.17, 15) is 9.18 Å². The second-order valence-electron chi connectivity index (χ2n) is 11.2. The molecule has 1 aromatic carbocycles. The molecular weight excluding hydrogens is 483 g/mol. The summed E-state index contributed by atoms with van der Waals surface area (Å²) in [5.41, 5.74) is 5.49. The van der Waals surface area contributed by atoms with Crippen LogP contribution in [-0.4, -0.2) is 53.7 Å². The van der Waals surface area contributed by atoms with Crippen LogP contribution < -0.4 is 16.0 Å². The highest BCUT2D eigenvalue weighted by Crippen LogP contribution is 2.41. The first kappa shape index (κ1) is 24.6. The molecule has 4 aliphatic heterocycles. The predicted molar refractivity (Wildman–Crippen MR) is 145 cm³/mol. The maximum Gasteiger partial charge on any atom is 0.254 e. The topological polar surface area (TPSA) is 81.8 Å². The van der Waals surface area contributed by atoms with E-state index in [-0.39, 0.29) is 17.1 Å². The van der Waals surface area contributed by atoms with Crippen molar-refractivity contribution >= 4 is 23.1 Å². The Balaban J connectivity index is 1.35. The van der Waals surface area contributed by atoms with Crippen molar-refractivity contribution in [1.82, 2.24) is 25.4 Å². The van der Waals surface area contributed by atoms with Crippen LogP contribution in [0.1, 0.15) is 53.0 Å². The van der Waals surface area contributed by atoms with Crippen molar-refractivity contribution in [3.05, 3.63) is 82.6 Å². The molecule has 3 N–H and O–H groups in total. The summed E-state index contributed by atoms with van der Waals surface area (Å²) in [6, 6.07) is 8.06. The normalized spacial score (nSPS) is 25.6. The standard InChI is InChI=1S/C29H33FN6O2/c1-28(10-12-38-17-28)21-6-8-25(34-23(21)16-35(3)4)33-22-7-5-19(20-14-31-27(37)26(20)22)24-15-32-29(2)13-18(30)9-11-36(24)29/h5-9,11,13,15,32H,10,12,14,16-17H2,1-4H3,(H,31,37)(H,33,34). The molecule has 1 aromatic heterocycles. The Bertz CT molecular complexity index is 1410. The molecule has 4 aliphatic rings. The van der Waals surface area contributed by atoms with Crippen LogP contribution in [0.5, 0.6) is 0 Å². The Kier molecular flexibility index (Phi) is 5.81. The lowest BCUT2D eigenvalue weighted by molar-refractivity contribution is 0.0966. The summed E-state index contributed by atoms with van der Waals surface area (Å²) < 4.78 is 19.7. The van der Waals surface area contributed by atoms with E-state index in [0.29, 0.717) is 36.8 Å². The Morgan fingerprint density at radius 2 is 2.08 bits per heavy atom. The third-order valence-corrected chi connectivity index (χ3v) is 7.88. The summed E-state index contributed by atoms with van der Waals surface area (Å²) in [4.78, 5) is 22.1. The van der Waals surface area contributed by atoms with Crippen molar-refractivity contribution in [2.75, 3.05) is 32.6 Å². The summed E-state index contributed by atoms with van der Waals surface area (Å²) in [6.07, 6.45) is 7.58. The van der Waals surface area contributed by atoms with E-state index >= 15 is 0 Å². The number of benzene rings is 1. The first-order chi connectivity index (χ1) is 18.2. The quantitative estimate of drug-likeness (QED) is 0.533. The molecule has 0 aliphatic carbocycles. The molecule has 0 bridgehead atoms. The third-order valence-electron chi connectivity index (χ3n) is 7.88. The van der Waals surface area contributed by atoms with Gasteiger partial charge in [0.25, 0.3) is 5.91 Å². The van der Waals surface area contributed by atoms with Gasteiger partial charge in [0, 0.05) is 43.1 Å². The molecule has 0 radical (unpaired) electrons. The SMILES string of the molecule is CN(C)Cc1nc(Nc2ccc(C3=CNC4(C)C=C(F)C=CN34)c3c2C(=O)NC3)ccc1C1(C)CCOC1. The van der Waals surface area contributed by atoms with E-state index < -0.39 is 5.66 Å². The van der Waals surface area contributed by atoms with Gasteiger partial charge in [-0.05, 0) is 62.9 Å². The minimum atomic E-state index is -0.691. The van der Waals surface area contributed by atoms with Gasteiger partial charge in [-0.3, -0.25) is 4.79 Å². The van der Waals surface area contributed by atoms with Crippen molar-refractivity contribution in [2.45, 2.75) is 44.4 Å². The lowest BCUT2D eigenvalue weighted by Crippen LogP contribution is -2.46. The number of anilines is 2. The predicted octanol–water partition coefficient (Wildman–Crippen LogP) is 4.11. The summed E-state index contributed by atoms with van der Waals surface area (Å²) >= 11 is 0. The fourth-order valence-electron chi connectivity index (χ4n) is 5.87. The molecule has 1 fully saturated rings. The fraction of sp³-hybridized carbons (Fsp3) is 0.379. The number of hydrogen-bond donors (Lipinski definition) is 3. The number of rotatable bonds is 6. The number of hydrogen-bond acceptors (Lipinski definition) is 7. The number of nitrogens with one attached hydrogen (secondary N) is 3. The number of aromatic nitrogens is 1. The second kappa shape index (κ2) is 8.96. The first-order valence-electron chi connectivity index (χ1n) is 12.9. The first-order valence-corrected chi connectivity index (χ1v) is 12.9. The number of nitrogens with zero attached hydrogens (tertiary/aromatic N) is 3. The van der Waals surface area contributed by atoms with Crippen LogP contribution in [0.3, 0.4) is 0 Å². The average molecular weight is 517 g/mol. The number of halogens is 1. The number of amides is 1. The van der Waals surface area contributed by atoms with Crippen LogP contribution in [0.4, 0.5) is 15.9 Å². The Morgan fingerprint density at radius 1 is 1.24 bits per heavy atom. The zero-order valence-electron chi connectivity index (χ0n) is 22.2. The van der Waals surface area contributed by atoms with Gasteiger partial charge in [0.2, 0.25) is 0 Å². The second-order valence-corrected chi connectivity index (χ2v) is 11.2. The molecule has 5 heterocycles. The molecule has 198 valence electrons. The number of ether oxygens (including phenoxy) is 1. The minimum Gasteiger partial charge on any atom is -0.380 e. The summed E-state index contributed by atoms with van der Waals surface area (Å²) in [5.74, 6) is 0.283.